The molecule has 0 aliphatic carbocycles. The number of fused-ring (bicyclic) bond motifs is 1. The van der Waals surface area contributed by atoms with Crippen LogP contribution in [0.4, 0.5) is 0 Å². The highest BCUT2D eigenvalue weighted by Crippen LogP contribution is 2.20. The van der Waals surface area contributed by atoms with E-state index in [-0.39, 0.29) is 18.6 Å². The van der Waals surface area contributed by atoms with E-state index < -0.39 is 5.63 Å². The molecule has 0 saturated carbocycles. The summed E-state index contributed by atoms with van der Waals surface area (Å²) in [6.45, 7) is -0.138. The number of amides is 1. The Kier molecular flexibility index (Phi) is 5.90. The van der Waals surface area contributed by atoms with E-state index in [0.29, 0.717) is 17.8 Å². The van der Waals surface area contributed by atoms with Crippen molar-refractivity contribution in [2.45, 2.75) is 12.5 Å². The standard InChI is InChI=1S/C25H21NO4/c27-24(17-29-21-13-11-20-12-14-25(28)30-23(20)16-21)26-22(19-9-5-2-6-10-19)15-18-7-3-1-4-8-18/h1-14,16,22H,15,17H2,(H,26,27)/t22-/m0/s1. The summed E-state index contributed by atoms with van der Waals surface area (Å²) in [5.41, 5.74) is 2.16. The lowest BCUT2D eigenvalue weighted by molar-refractivity contribution is -0.123. The maximum absolute atomic E-state index is 12.6. The maximum Gasteiger partial charge on any atom is 0.336 e. The second-order valence-electron chi connectivity index (χ2n) is 6.96. The minimum Gasteiger partial charge on any atom is -0.484 e. The van der Waals surface area contributed by atoms with E-state index in [1.807, 2.05) is 60.7 Å². The molecule has 30 heavy (non-hydrogen) atoms. The van der Waals surface area contributed by atoms with Gasteiger partial charge >= 0.3 is 5.63 Å². The minimum atomic E-state index is -0.427. The topological polar surface area (TPSA) is 68.5 Å². The highest BCUT2D eigenvalue weighted by atomic mass is 16.5. The molecule has 0 fully saturated rings. The Hall–Kier alpha value is -3.86. The van der Waals surface area contributed by atoms with Crippen molar-refractivity contribution in [3.8, 4) is 5.75 Å². The fourth-order valence-corrected chi connectivity index (χ4v) is 3.30. The van der Waals surface area contributed by atoms with Gasteiger partial charge in [-0.2, -0.15) is 0 Å². The predicted octanol–water partition coefficient (Wildman–Crippen LogP) is 4.27. The molecule has 0 aliphatic rings. The Morgan fingerprint density at radius 1 is 0.900 bits per heavy atom. The Morgan fingerprint density at radius 2 is 1.60 bits per heavy atom. The lowest BCUT2D eigenvalue weighted by Gasteiger charge is -2.20. The molecule has 5 nitrogen and oxygen atoms in total. The first-order valence-electron chi connectivity index (χ1n) is 9.72. The van der Waals surface area contributed by atoms with Crippen molar-refractivity contribution < 1.29 is 13.9 Å². The predicted molar refractivity (Wildman–Crippen MR) is 115 cm³/mol. The number of carbonyl (C=O) groups excluding carboxylic acids is 1. The van der Waals surface area contributed by atoms with Crippen LogP contribution in [0.15, 0.2) is 100 Å². The largest absolute Gasteiger partial charge is 0.484 e. The number of rotatable bonds is 7. The number of ether oxygens (including phenoxy) is 1. The van der Waals surface area contributed by atoms with Crippen molar-refractivity contribution in [2.75, 3.05) is 6.61 Å². The molecular formula is C25H21NO4. The number of nitrogens with one attached hydrogen (secondary N) is 1. The number of benzene rings is 3. The molecule has 1 N–H and O–H groups in total. The van der Waals surface area contributed by atoms with Crippen LogP contribution >= 0.6 is 0 Å². The van der Waals surface area contributed by atoms with Crippen LogP contribution in [0.25, 0.3) is 11.0 Å². The SMILES string of the molecule is O=C(COc1ccc2ccc(=O)oc2c1)N[C@@H](Cc1ccccc1)c1ccccc1. The molecule has 3 aromatic carbocycles. The molecule has 0 unspecified atom stereocenters. The van der Waals surface area contributed by atoms with Gasteiger partial charge in [0.2, 0.25) is 0 Å². The lowest BCUT2D eigenvalue weighted by atomic mass is 9.99. The zero-order chi connectivity index (χ0) is 20.8. The summed E-state index contributed by atoms with van der Waals surface area (Å²) in [6.07, 6.45) is 0.678. The molecule has 4 rings (SSSR count). The quantitative estimate of drug-likeness (QED) is 0.471. The Labute approximate surface area is 173 Å². The molecule has 0 bridgehead atoms. The summed E-state index contributed by atoms with van der Waals surface area (Å²) in [7, 11) is 0. The monoisotopic (exact) mass is 399 g/mol. The fraction of sp³-hybridized carbons (Fsp3) is 0.120. The van der Waals surface area contributed by atoms with Gasteiger partial charge in [-0.25, -0.2) is 4.79 Å². The van der Waals surface area contributed by atoms with Crippen molar-refractivity contribution in [3.05, 3.63) is 113 Å². The molecule has 150 valence electrons. The highest BCUT2D eigenvalue weighted by molar-refractivity contribution is 5.79. The third kappa shape index (κ3) is 4.94. The second-order valence-corrected chi connectivity index (χ2v) is 6.96. The van der Waals surface area contributed by atoms with Crippen LogP contribution in [0.1, 0.15) is 17.2 Å². The molecule has 0 aliphatic heterocycles. The molecule has 0 spiro atoms. The average Bonchev–Trinajstić information content (AvgIpc) is 2.78. The number of hydrogen-bond donors (Lipinski definition) is 1. The van der Waals surface area contributed by atoms with Gasteiger partial charge in [-0.3, -0.25) is 4.79 Å². The van der Waals surface area contributed by atoms with Gasteiger partial charge in [-0.1, -0.05) is 60.7 Å². The number of carbonyl (C=O) groups is 1. The molecule has 1 atom stereocenters. The van der Waals surface area contributed by atoms with Gasteiger partial charge in [-0.05, 0) is 35.7 Å². The summed E-state index contributed by atoms with van der Waals surface area (Å²) in [6, 6.07) is 27.9. The summed E-state index contributed by atoms with van der Waals surface area (Å²) < 4.78 is 10.8. The van der Waals surface area contributed by atoms with E-state index in [9.17, 15) is 9.59 Å². The van der Waals surface area contributed by atoms with Crippen LogP contribution in [0.2, 0.25) is 0 Å². The van der Waals surface area contributed by atoms with Crippen molar-refractivity contribution >= 4 is 16.9 Å². The summed E-state index contributed by atoms with van der Waals surface area (Å²) in [5.74, 6) is 0.237. The van der Waals surface area contributed by atoms with Crippen LogP contribution in [-0.2, 0) is 11.2 Å². The van der Waals surface area contributed by atoms with E-state index in [0.717, 1.165) is 16.5 Å². The second kappa shape index (κ2) is 9.09. The van der Waals surface area contributed by atoms with Gasteiger partial charge in [0.15, 0.2) is 6.61 Å². The van der Waals surface area contributed by atoms with E-state index in [1.54, 1.807) is 24.3 Å². The molecule has 1 heterocycles. The third-order valence-corrected chi connectivity index (χ3v) is 4.78. The van der Waals surface area contributed by atoms with E-state index in [2.05, 4.69) is 5.32 Å². The van der Waals surface area contributed by atoms with Crippen LogP contribution in [0, 0.1) is 0 Å². The normalized spacial score (nSPS) is 11.7. The van der Waals surface area contributed by atoms with Gasteiger partial charge in [0, 0.05) is 17.5 Å². The van der Waals surface area contributed by atoms with Crippen LogP contribution in [0.5, 0.6) is 5.75 Å². The molecular weight excluding hydrogens is 378 g/mol. The van der Waals surface area contributed by atoms with Crippen LogP contribution in [-0.4, -0.2) is 12.5 Å². The van der Waals surface area contributed by atoms with Gasteiger partial charge in [0.05, 0.1) is 6.04 Å². The van der Waals surface area contributed by atoms with Gasteiger partial charge in [0.1, 0.15) is 11.3 Å². The molecule has 4 aromatic rings. The molecule has 5 heteroatoms. The highest BCUT2D eigenvalue weighted by Gasteiger charge is 2.16. The summed E-state index contributed by atoms with van der Waals surface area (Å²) in [4.78, 5) is 24.0. The van der Waals surface area contributed by atoms with Crippen LogP contribution < -0.4 is 15.7 Å². The van der Waals surface area contributed by atoms with E-state index in [1.165, 1.54) is 6.07 Å². The zero-order valence-corrected chi connectivity index (χ0v) is 16.3. The molecule has 1 aromatic heterocycles. The molecule has 0 saturated heterocycles. The zero-order valence-electron chi connectivity index (χ0n) is 16.3. The Morgan fingerprint density at radius 3 is 2.37 bits per heavy atom. The first kappa shape index (κ1) is 19.5. The van der Waals surface area contributed by atoms with Gasteiger partial charge in [0.25, 0.3) is 5.91 Å². The van der Waals surface area contributed by atoms with Gasteiger partial charge in [-0.15, -0.1) is 0 Å². The smallest absolute Gasteiger partial charge is 0.336 e. The summed E-state index contributed by atoms with van der Waals surface area (Å²) >= 11 is 0. The molecule has 0 radical (unpaired) electrons. The minimum absolute atomic E-state index is 0.138. The van der Waals surface area contributed by atoms with Crippen molar-refractivity contribution in [2.24, 2.45) is 0 Å². The lowest BCUT2D eigenvalue weighted by Crippen LogP contribution is -2.33. The van der Waals surface area contributed by atoms with Gasteiger partial charge < -0.3 is 14.5 Å². The third-order valence-electron chi connectivity index (χ3n) is 4.78. The molecule has 1 amide bonds. The fourth-order valence-electron chi connectivity index (χ4n) is 3.30. The van der Waals surface area contributed by atoms with Crippen molar-refractivity contribution in [3.63, 3.8) is 0 Å². The maximum atomic E-state index is 12.6. The number of hydrogen-bond acceptors (Lipinski definition) is 4. The van der Waals surface area contributed by atoms with Crippen LogP contribution in [0.3, 0.4) is 0 Å². The first-order chi connectivity index (χ1) is 14.7. The Bertz CT molecular complexity index is 1190. The van der Waals surface area contributed by atoms with E-state index >= 15 is 0 Å². The van der Waals surface area contributed by atoms with Crippen molar-refractivity contribution in [1.82, 2.24) is 5.32 Å². The average molecular weight is 399 g/mol. The van der Waals surface area contributed by atoms with E-state index in [4.69, 9.17) is 9.15 Å². The first-order valence-corrected chi connectivity index (χ1v) is 9.72. The Balaban J connectivity index is 1.44. The summed E-state index contributed by atoms with van der Waals surface area (Å²) in [5, 5.41) is 3.85. The van der Waals surface area contributed by atoms with Crippen molar-refractivity contribution in [1.29, 1.82) is 0 Å².